The van der Waals surface area contributed by atoms with E-state index in [1.807, 2.05) is 6.07 Å². The number of rotatable bonds is 3. The van der Waals surface area contributed by atoms with Crippen LogP contribution in [0.25, 0.3) is 11.1 Å². The largest absolute Gasteiger partial charge is 0.459 e. The number of carbonyl (C=O) groups excluding carboxylic acids is 1. The first-order valence-corrected chi connectivity index (χ1v) is 5.94. The van der Waals surface area contributed by atoms with Crippen molar-refractivity contribution in [1.29, 1.82) is 0 Å². The standard InChI is InChI=1S/C14H15N3O2/c1-9(2)19-14(18)12-5-10(3-4-13(12)15)11-6-16-8-17-7-11/h3-9H,15H2,1-2H3. The van der Waals surface area contributed by atoms with Gasteiger partial charge >= 0.3 is 5.97 Å². The van der Waals surface area contributed by atoms with Crippen LogP contribution in [0, 0.1) is 0 Å². The van der Waals surface area contributed by atoms with Crippen LogP contribution in [0.1, 0.15) is 24.2 Å². The lowest BCUT2D eigenvalue weighted by atomic mass is 10.0. The van der Waals surface area contributed by atoms with E-state index in [1.165, 1.54) is 6.33 Å². The first-order chi connectivity index (χ1) is 9.08. The van der Waals surface area contributed by atoms with Gasteiger partial charge < -0.3 is 10.5 Å². The van der Waals surface area contributed by atoms with Gasteiger partial charge in [0.1, 0.15) is 6.33 Å². The highest BCUT2D eigenvalue weighted by Crippen LogP contribution is 2.23. The molecule has 0 aliphatic carbocycles. The molecule has 5 nitrogen and oxygen atoms in total. The van der Waals surface area contributed by atoms with Crippen molar-refractivity contribution in [2.45, 2.75) is 20.0 Å². The van der Waals surface area contributed by atoms with Crippen LogP contribution in [-0.2, 0) is 4.74 Å². The average molecular weight is 257 g/mol. The van der Waals surface area contributed by atoms with Crippen molar-refractivity contribution in [1.82, 2.24) is 9.97 Å². The molecule has 1 heterocycles. The number of nitrogens with zero attached hydrogens (tertiary/aromatic N) is 2. The number of esters is 1. The highest BCUT2D eigenvalue weighted by atomic mass is 16.5. The van der Waals surface area contributed by atoms with Crippen LogP contribution in [0.5, 0.6) is 0 Å². The van der Waals surface area contributed by atoms with E-state index in [2.05, 4.69) is 9.97 Å². The van der Waals surface area contributed by atoms with Crippen LogP contribution in [0.15, 0.2) is 36.9 Å². The fourth-order valence-corrected chi connectivity index (χ4v) is 1.64. The minimum Gasteiger partial charge on any atom is -0.459 e. The molecule has 1 aromatic carbocycles. The summed E-state index contributed by atoms with van der Waals surface area (Å²) in [6, 6.07) is 5.19. The molecule has 0 saturated heterocycles. The lowest BCUT2D eigenvalue weighted by Gasteiger charge is -2.11. The highest BCUT2D eigenvalue weighted by molar-refractivity contribution is 5.96. The SMILES string of the molecule is CC(C)OC(=O)c1cc(-c2cncnc2)ccc1N. The zero-order valence-electron chi connectivity index (χ0n) is 10.8. The third-order valence-corrected chi connectivity index (χ3v) is 2.51. The zero-order chi connectivity index (χ0) is 13.8. The van der Waals surface area contributed by atoms with Crippen LogP contribution >= 0.6 is 0 Å². The molecule has 19 heavy (non-hydrogen) atoms. The molecule has 0 bridgehead atoms. The summed E-state index contributed by atoms with van der Waals surface area (Å²) >= 11 is 0. The molecule has 0 unspecified atom stereocenters. The van der Waals surface area contributed by atoms with Gasteiger partial charge in [-0.2, -0.15) is 0 Å². The molecule has 2 rings (SSSR count). The maximum Gasteiger partial charge on any atom is 0.340 e. The van der Waals surface area contributed by atoms with E-state index >= 15 is 0 Å². The topological polar surface area (TPSA) is 78.1 Å². The zero-order valence-corrected chi connectivity index (χ0v) is 10.8. The molecule has 2 aromatic rings. The minimum absolute atomic E-state index is 0.185. The maximum atomic E-state index is 11.9. The normalized spacial score (nSPS) is 10.5. The fraction of sp³-hybridized carbons (Fsp3) is 0.214. The van der Waals surface area contributed by atoms with Crippen molar-refractivity contribution >= 4 is 11.7 Å². The predicted octanol–water partition coefficient (Wildman–Crippen LogP) is 2.29. The molecular formula is C14H15N3O2. The molecule has 0 radical (unpaired) electrons. The Morgan fingerprint density at radius 2 is 1.89 bits per heavy atom. The highest BCUT2D eigenvalue weighted by Gasteiger charge is 2.14. The smallest absolute Gasteiger partial charge is 0.340 e. The predicted molar refractivity (Wildman–Crippen MR) is 72.4 cm³/mol. The molecule has 2 N–H and O–H groups in total. The summed E-state index contributed by atoms with van der Waals surface area (Å²) in [6.45, 7) is 3.59. The summed E-state index contributed by atoms with van der Waals surface area (Å²) in [5, 5.41) is 0. The van der Waals surface area contributed by atoms with Crippen molar-refractivity contribution in [3.05, 3.63) is 42.5 Å². The van der Waals surface area contributed by atoms with Gasteiger partial charge in [0.2, 0.25) is 0 Å². The molecule has 0 atom stereocenters. The van der Waals surface area contributed by atoms with E-state index < -0.39 is 5.97 Å². The second kappa shape index (κ2) is 5.48. The Kier molecular flexibility index (Phi) is 3.75. The van der Waals surface area contributed by atoms with Gasteiger partial charge in [-0.25, -0.2) is 14.8 Å². The van der Waals surface area contributed by atoms with E-state index in [0.717, 1.165) is 11.1 Å². The van der Waals surface area contributed by atoms with Gasteiger partial charge in [-0.1, -0.05) is 6.07 Å². The summed E-state index contributed by atoms with van der Waals surface area (Å²) < 4.78 is 5.16. The number of nitrogen functional groups attached to an aromatic ring is 1. The second-order valence-corrected chi connectivity index (χ2v) is 4.38. The molecule has 0 amide bonds. The van der Waals surface area contributed by atoms with E-state index in [0.29, 0.717) is 11.3 Å². The Balaban J connectivity index is 2.38. The Hall–Kier alpha value is -2.43. The van der Waals surface area contributed by atoms with Crippen LogP contribution in [-0.4, -0.2) is 22.0 Å². The Bertz CT molecular complexity index is 582. The Morgan fingerprint density at radius 3 is 2.53 bits per heavy atom. The molecule has 0 saturated carbocycles. The van der Waals surface area contributed by atoms with Crippen molar-refractivity contribution < 1.29 is 9.53 Å². The van der Waals surface area contributed by atoms with Crippen LogP contribution < -0.4 is 5.73 Å². The number of hydrogen-bond donors (Lipinski definition) is 1. The minimum atomic E-state index is -0.425. The average Bonchev–Trinajstić information content (AvgIpc) is 2.39. The van der Waals surface area contributed by atoms with Gasteiger partial charge in [0.15, 0.2) is 0 Å². The van der Waals surface area contributed by atoms with Crippen LogP contribution in [0.4, 0.5) is 5.69 Å². The number of ether oxygens (including phenoxy) is 1. The van der Waals surface area contributed by atoms with E-state index in [-0.39, 0.29) is 6.10 Å². The van der Waals surface area contributed by atoms with Crippen molar-refractivity contribution in [2.75, 3.05) is 5.73 Å². The number of anilines is 1. The van der Waals surface area contributed by atoms with Crippen molar-refractivity contribution in [3.8, 4) is 11.1 Å². The molecule has 1 aromatic heterocycles. The van der Waals surface area contributed by atoms with Crippen molar-refractivity contribution in [3.63, 3.8) is 0 Å². The molecule has 0 aliphatic heterocycles. The summed E-state index contributed by atoms with van der Waals surface area (Å²) in [5.41, 5.74) is 8.21. The number of hydrogen-bond acceptors (Lipinski definition) is 5. The maximum absolute atomic E-state index is 11.9. The number of benzene rings is 1. The fourth-order valence-electron chi connectivity index (χ4n) is 1.64. The third-order valence-electron chi connectivity index (χ3n) is 2.51. The number of aromatic nitrogens is 2. The number of carbonyl (C=O) groups is 1. The number of nitrogens with two attached hydrogens (primary N) is 1. The lowest BCUT2D eigenvalue weighted by molar-refractivity contribution is 0.0379. The van der Waals surface area contributed by atoms with E-state index in [4.69, 9.17) is 10.5 Å². The van der Waals surface area contributed by atoms with Crippen LogP contribution in [0.3, 0.4) is 0 Å². The molecule has 5 heteroatoms. The first kappa shape index (κ1) is 13.0. The molecule has 0 aliphatic rings. The van der Waals surface area contributed by atoms with Gasteiger partial charge in [0.05, 0.1) is 11.7 Å². The lowest BCUT2D eigenvalue weighted by Crippen LogP contribution is -2.13. The van der Waals surface area contributed by atoms with Gasteiger partial charge in [0, 0.05) is 23.6 Å². The van der Waals surface area contributed by atoms with Gasteiger partial charge in [-0.15, -0.1) is 0 Å². The quantitative estimate of drug-likeness (QED) is 0.674. The van der Waals surface area contributed by atoms with Gasteiger partial charge in [0.25, 0.3) is 0 Å². The monoisotopic (exact) mass is 257 g/mol. The molecule has 0 fully saturated rings. The van der Waals surface area contributed by atoms with Crippen molar-refractivity contribution in [2.24, 2.45) is 0 Å². The van der Waals surface area contributed by atoms with Gasteiger partial charge in [-0.05, 0) is 31.5 Å². The summed E-state index contributed by atoms with van der Waals surface area (Å²) in [7, 11) is 0. The first-order valence-electron chi connectivity index (χ1n) is 5.94. The third kappa shape index (κ3) is 3.07. The molecule has 98 valence electrons. The second-order valence-electron chi connectivity index (χ2n) is 4.38. The molecular weight excluding hydrogens is 242 g/mol. The Labute approximate surface area is 111 Å². The summed E-state index contributed by atoms with van der Waals surface area (Å²) in [6.07, 6.45) is 4.62. The van der Waals surface area contributed by atoms with Gasteiger partial charge in [-0.3, -0.25) is 0 Å². The van der Waals surface area contributed by atoms with Crippen LogP contribution in [0.2, 0.25) is 0 Å². The van der Waals surface area contributed by atoms with E-state index in [1.54, 1.807) is 38.4 Å². The summed E-state index contributed by atoms with van der Waals surface area (Å²) in [5.74, 6) is -0.425. The summed E-state index contributed by atoms with van der Waals surface area (Å²) in [4.78, 5) is 19.8. The van der Waals surface area contributed by atoms with E-state index in [9.17, 15) is 4.79 Å². The Morgan fingerprint density at radius 1 is 1.21 bits per heavy atom. The molecule has 0 spiro atoms.